The lowest BCUT2D eigenvalue weighted by Gasteiger charge is -2.12. The van der Waals surface area contributed by atoms with Gasteiger partial charge >= 0.3 is 11.9 Å². The molecular formula is C21H19NO7S. The molecule has 1 fully saturated rings. The van der Waals surface area contributed by atoms with Gasteiger partial charge in [-0.2, -0.15) is 0 Å². The molecule has 3 rings (SSSR count). The molecule has 30 heavy (non-hydrogen) atoms. The predicted octanol–water partition coefficient (Wildman–Crippen LogP) is 3.88. The van der Waals surface area contributed by atoms with Crippen LogP contribution >= 0.6 is 11.8 Å². The van der Waals surface area contributed by atoms with Crippen molar-refractivity contribution in [3.05, 3.63) is 52.6 Å². The Labute approximate surface area is 176 Å². The van der Waals surface area contributed by atoms with Crippen LogP contribution in [-0.4, -0.2) is 46.2 Å². The first-order chi connectivity index (χ1) is 14.3. The van der Waals surface area contributed by atoms with Crippen LogP contribution < -0.4 is 0 Å². The summed E-state index contributed by atoms with van der Waals surface area (Å²) in [5.41, 5.74) is 0.476. The van der Waals surface area contributed by atoms with Crippen molar-refractivity contribution in [3.63, 3.8) is 0 Å². The number of nitrogens with zero attached hydrogens (tertiary/aromatic N) is 1. The summed E-state index contributed by atoms with van der Waals surface area (Å²) < 4.78 is 10.7. The second kappa shape index (κ2) is 9.00. The van der Waals surface area contributed by atoms with Crippen molar-refractivity contribution in [2.75, 3.05) is 13.2 Å². The third kappa shape index (κ3) is 4.80. The summed E-state index contributed by atoms with van der Waals surface area (Å²) in [7, 11) is 0. The van der Waals surface area contributed by atoms with Crippen LogP contribution in [0.5, 0.6) is 0 Å². The number of aromatic carboxylic acids is 1. The van der Waals surface area contributed by atoms with E-state index in [1.807, 2.05) is 13.8 Å². The molecule has 9 heteroatoms. The highest BCUT2D eigenvalue weighted by Crippen LogP contribution is 2.33. The van der Waals surface area contributed by atoms with Gasteiger partial charge in [-0.05, 0) is 35.9 Å². The molecule has 2 heterocycles. The Kier molecular flexibility index (Phi) is 6.41. The molecule has 2 amide bonds. The second-order valence-electron chi connectivity index (χ2n) is 6.90. The van der Waals surface area contributed by atoms with E-state index in [4.69, 9.17) is 9.15 Å². The molecule has 1 aromatic carbocycles. The molecule has 1 aromatic heterocycles. The molecule has 1 N–H and O–H groups in total. The van der Waals surface area contributed by atoms with Crippen LogP contribution in [0, 0.1) is 5.92 Å². The molecule has 1 aliphatic rings. The van der Waals surface area contributed by atoms with Gasteiger partial charge in [-0.25, -0.2) is 4.79 Å². The van der Waals surface area contributed by atoms with E-state index in [2.05, 4.69) is 0 Å². The highest BCUT2D eigenvalue weighted by molar-refractivity contribution is 8.18. The number of thioether (sulfide) groups is 1. The quantitative estimate of drug-likeness (QED) is 0.521. The smallest absolute Gasteiger partial charge is 0.336 e. The number of furan rings is 1. The van der Waals surface area contributed by atoms with Gasteiger partial charge in [0.25, 0.3) is 11.1 Å². The van der Waals surface area contributed by atoms with Crippen molar-refractivity contribution >= 4 is 40.9 Å². The van der Waals surface area contributed by atoms with Crippen LogP contribution in [0.3, 0.4) is 0 Å². The van der Waals surface area contributed by atoms with Gasteiger partial charge in [0.05, 0.1) is 17.1 Å². The molecular weight excluding hydrogens is 410 g/mol. The Bertz CT molecular complexity index is 1040. The highest BCUT2D eigenvalue weighted by Gasteiger charge is 2.37. The molecule has 1 saturated heterocycles. The molecule has 0 bridgehead atoms. The molecule has 0 saturated carbocycles. The SMILES string of the molecule is CC(C)COC(=O)CN1C(=O)S/C(=C\c2ccc(-c3ccccc3C(=O)O)o2)C1=O. The maximum absolute atomic E-state index is 12.5. The molecule has 1 aliphatic heterocycles. The molecule has 0 radical (unpaired) electrons. The molecule has 0 spiro atoms. The Hall–Kier alpha value is -3.33. The maximum atomic E-state index is 12.5. The van der Waals surface area contributed by atoms with Gasteiger partial charge in [0.15, 0.2) is 0 Å². The lowest BCUT2D eigenvalue weighted by atomic mass is 10.1. The Morgan fingerprint density at radius 1 is 1.20 bits per heavy atom. The summed E-state index contributed by atoms with van der Waals surface area (Å²) in [5.74, 6) is -1.63. The summed E-state index contributed by atoms with van der Waals surface area (Å²) in [4.78, 5) is 48.8. The number of ether oxygens (including phenoxy) is 1. The largest absolute Gasteiger partial charge is 0.478 e. The second-order valence-corrected chi connectivity index (χ2v) is 7.89. The minimum Gasteiger partial charge on any atom is -0.478 e. The zero-order valence-corrected chi connectivity index (χ0v) is 17.1. The molecule has 0 unspecified atom stereocenters. The number of esters is 1. The predicted molar refractivity (Wildman–Crippen MR) is 110 cm³/mol. The van der Waals surface area contributed by atoms with Gasteiger partial charge in [-0.1, -0.05) is 32.0 Å². The van der Waals surface area contributed by atoms with E-state index in [0.29, 0.717) is 23.1 Å². The number of benzene rings is 1. The average molecular weight is 429 g/mol. The zero-order chi connectivity index (χ0) is 21.8. The number of carbonyl (C=O) groups excluding carboxylic acids is 3. The number of carboxylic acid groups (broad SMARTS) is 1. The third-order valence-corrected chi connectivity index (χ3v) is 4.97. The topological polar surface area (TPSA) is 114 Å². The molecule has 0 aliphatic carbocycles. The van der Waals surface area contributed by atoms with Crippen LogP contribution in [-0.2, 0) is 14.3 Å². The number of hydrogen-bond acceptors (Lipinski definition) is 7. The van der Waals surface area contributed by atoms with Gasteiger partial charge < -0.3 is 14.3 Å². The number of hydrogen-bond donors (Lipinski definition) is 1. The van der Waals surface area contributed by atoms with Crippen molar-refractivity contribution < 1.29 is 33.4 Å². The van der Waals surface area contributed by atoms with E-state index in [9.17, 15) is 24.3 Å². The number of carbonyl (C=O) groups is 4. The fourth-order valence-electron chi connectivity index (χ4n) is 2.66. The fraction of sp³-hybridized carbons (Fsp3) is 0.238. The lowest BCUT2D eigenvalue weighted by molar-refractivity contribution is -0.147. The molecule has 2 aromatic rings. The van der Waals surface area contributed by atoms with Crippen molar-refractivity contribution in [2.45, 2.75) is 13.8 Å². The average Bonchev–Trinajstić information content (AvgIpc) is 3.27. The summed E-state index contributed by atoms with van der Waals surface area (Å²) in [5, 5.41) is 8.74. The van der Waals surface area contributed by atoms with Crippen molar-refractivity contribution in [1.29, 1.82) is 0 Å². The van der Waals surface area contributed by atoms with Gasteiger partial charge in [0.2, 0.25) is 0 Å². The minimum absolute atomic E-state index is 0.0821. The monoisotopic (exact) mass is 429 g/mol. The zero-order valence-electron chi connectivity index (χ0n) is 16.3. The van der Waals surface area contributed by atoms with E-state index in [1.54, 1.807) is 30.3 Å². The first-order valence-electron chi connectivity index (χ1n) is 9.09. The third-order valence-electron chi connectivity index (χ3n) is 4.06. The van der Waals surface area contributed by atoms with Crippen molar-refractivity contribution in [2.24, 2.45) is 5.92 Å². The highest BCUT2D eigenvalue weighted by atomic mass is 32.2. The van der Waals surface area contributed by atoms with E-state index >= 15 is 0 Å². The molecule has 156 valence electrons. The Morgan fingerprint density at radius 3 is 2.63 bits per heavy atom. The summed E-state index contributed by atoms with van der Waals surface area (Å²) in [6.45, 7) is 3.51. The standard InChI is InChI=1S/C21H19NO7S/c1-12(2)11-28-18(23)10-22-19(24)17(30-21(22)27)9-13-7-8-16(29-13)14-5-3-4-6-15(14)20(25)26/h3-9,12H,10-11H2,1-2H3,(H,25,26)/b17-9-. The van der Waals surface area contributed by atoms with E-state index in [-0.39, 0.29) is 28.8 Å². The Balaban J connectivity index is 1.76. The molecule has 0 atom stereocenters. The Morgan fingerprint density at radius 2 is 1.93 bits per heavy atom. The van der Waals surface area contributed by atoms with Gasteiger partial charge in [0, 0.05) is 11.6 Å². The van der Waals surface area contributed by atoms with Crippen LogP contribution in [0.15, 0.2) is 45.7 Å². The first kappa shape index (κ1) is 21.4. The van der Waals surface area contributed by atoms with Gasteiger partial charge in [-0.3, -0.25) is 19.3 Å². The van der Waals surface area contributed by atoms with Crippen LogP contribution in [0.2, 0.25) is 0 Å². The normalized spacial score (nSPS) is 15.3. The molecule has 8 nitrogen and oxygen atoms in total. The van der Waals surface area contributed by atoms with Crippen LogP contribution in [0.25, 0.3) is 17.4 Å². The van der Waals surface area contributed by atoms with Gasteiger partial charge in [-0.15, -0.1) is 0 Å². The summed E-state index contributed by atoms with van der Waals surface area (Å²) >= 11 is 0.693. The fourth-order valence-corrected chi connectivity index (χ4v) is 3.48. The summed E-state index contributed by atoms with van der Waals surface area (Å²) in [6, 6.07) is 9.53. The maximum Gasteiger partial charge on any atom is 0.336 e. The van der Waals surface area contributed by atoms with Crippen LogP contribution in [0.1, 0.15) is 30.0 Å². The van der Waals surface area contributed by atoms with Crippen molar-refractivity contribution in [1.82, 2.24) is 4.90 Å². The van der Waals surface area contributed by atoms with Gasteiger partial charge in [0.1, 0.15) is 18.1 Å². The lowest BCUT2D eigenvalue weighted by Crippen LogP contribution is -2.34. The number of rotatable bonds is 7. The number of imide groups is 1. The first-order valence-corrected chi connectivity index (χ1v) is 9.91. The summed E-state index contributed by atoms with van der Waals surface area (Å²) in [6.07, 6.45) is 1.39. The number of amides is 2. The van der Waals surface area contributed by atoms with E-state index in [0.717, 1.165) is 4.90 Å². The van der Waals surface area contributed by atoms with E-state index < -0.39 is 29.6 Å². The number of carboxylic acids is 1. The van der Waals surface area contributed by atoms with Crippen molar-refractivity contribution in [3.8, 4) is 11.3 Å². The van der Waals surface area contributed by atoms with E-state index in [1.165, 1.54) is 12.1 Å². The van der Waals surface area contributed by atoms with Crippen LogP contribution in [0.4, 0.5) is 4.79 Å². The minimum atomic E-state index is -1.09.